The third kappa shape index (κ3) is 60.2. The zero-order valence-corrected chi connectivity index (χ0v) is 49.0. The van der Waals surface area contributed by atoms with Gasteiger partial charge in [0.25, 0.3) is 0 Å². The molecule has 0 heterocycles. The summed E-state index contributed by atoms with van der Waals surface area (Å²) in [7, 11) is 0. The van der Waals surface area contributed by atoms with Crippen LogP contribution in [0.3, 0.4) is 0 Å². The Kier molecular flexibility index (Phi) is 58.9. The highest BCUT2D eigenvalue weighted by atomic mass is 16.6. The first kappa shape index (κ1) is 71.3. The first-order chi connectivity index (χ1) is 37.5. The minimum absolute atomic E-state index is 0.105. The lowest BCUT2D eigenvalue weighted by molar-refractivity contribution is -0.167. The lowest BCUT2D eigenvalue weighted by atomic mass is 10.1. The second-order valence-corrected chi connectivity index (χ2v) is 19.9. The van der Waals surface area contributed by atoms with Gasteiger partial charge in [-0.2, -0.15) is 0 Å². The van der Waals surface area contributed by atoms with Gasteiger partial charge >= 0.3 is 17.9 Å². The Balaban J connectivity index is 4.37. The van der Waals surface area contributed by atoms with Crippen molar-refractivity contribution in [3.63, 3.8) is 0 Å². The van der Waals surface area contributed by atoms with Gasteiger partial charge in [0.05, 0.1) is 0 Å². The van der Waals surface area contributed by atoms with Crippen LogP contribution < -0.4 is 0 Å². The summed E-state index contributed by atoms with van der Waals surface area (Å²) in [6.07, 6.45) is 90.1. The number of carbonyl (C=O) groups excluding carboxylic acids is 3. The van der Waals surface area contributed by atoms with E-state index in [1.54, 1.807) is 0 Å². The Hall–Kier alpha value is -4.71. The van der Waals surface area contributed by atoms with Crippen molar-refractivity contribution >= 4 is 17.9 Å². The first-order valence-corrected chi connectivity index (χ1v) is 30.8. The number of allylic oxidation sites excluding steroid dienone is 24. The molecule has 0 spiro atoms. The number of hydrogen-bond donors (Lipinski definition) is 0. The molecule has 0 fully saturated rings. The molecule has 0 aliphatic rings. The zero-order chi connectivity index (χ0) is 55.0. The van der Waals surface area contributed by atoms with E-state index in [0.29, 0.717) is 19.3 Å². The van der Waals surface area contributed by atoms with Crippen LogP contribution in [0.1, 0.15) is 258 Å². The standard InChI is InChI=1S/C70H112O6/c1-4-7-10-13-16-19-21-23-25-27-29-31-32-33-34-35-36-37-38-40-41-43-45-47-49-51-54-57-60-63-69(72)75-66-67(65-74-68(71)62-59-56-53-18-15-12-9-6-3)76-70(73)64-61-58-55-52-50-48-46-44-42-39-30-28-26-24-22-20-17-14-11-8-5-2/h7,10,16,19,22-25,28-31,33-34,36-37,40-42,44-45,47,51,54,67H,4-6,8-9,11-15,17-18,20-21,26-27,32,35,38-39,43,46,48-50,52-53,55-66H2,1-3H3/b10-7-,19-16-,24-22-,25-23-,30-28-,31-29-,34-33-,37-36-,41-40-,44-42-,47-45-,54-51-. The third-order valence-corrected chi connectivity index (χ3v) is 12.6. The number of rotatable bonds is 54. The molecule has 0 amide bonds. The van der Waals surface area contributed by atoms with E-state index in [4.69, 9.17) is 14.2 Å². The van der Waals surface area contributed by atoms with E-state index in [2.05, 4.69) is 167 Å². The first-order valence-electron chi connectivity index (χ1n) is 30.8. The smallest absolute Gasteiger partial charge is 0.306 e. The van der Waals surface area contributed by atoms with E-state index in [1.165, 1.54) is 83.5 Å². The largest absolute Gasteiger partial charge is 0.462 e. The average Bonchev–Trinajstić information content (AvgIpc) is 3.42. The Morgan fingerprint density at radius 3 is 0.855 bits per heavy atom. The molecular formula is C70H112O6. The quantitative estimate of drug-likeness (QED) is 0.0261. The molecule has 0 N–H and O–H groups in total. The highest BCUT2D eigenvalue weighted by molar-refractivity contribution is 5.71. The average molecular weight is 1050 g/mol. The molecule has 0 aromatic heterocycles. The van der Waals surface area contributed by atoms with Crippen molar-refractivity contribution in [3.8, 4) is 0 Å². The highest BCUT2D eigenvalue weighted by Gasteiger charge is 2.19. The predicted octanol–water partition coefficient (Wildman–Crippen LogP) is 21.2. The molecule has 0 aromatic carbocycles. The maximum Gasteiger partial charge on any atom is 0.306 e. The van der Waals surface area contributed by atoms with E-state index in [-0.39, 0.29) is 37.5 Å². The Morgan fingerprint density at radius 1 is 0.276 bits per heavy atom. The van der Waals surface area contributed by atoms with Gasteiger partial charge in [0.2, 0.25) is 0 Å². The minimum Gasteiger partial charge on any atom is -0.462 e. The summed E-state index contributed by atoms with van der Waals surface area (Å²) in [4.78, 5) is 38.1. The summed E-state index contributed by atoms with van der Waals surface area (Å²) in [5, 5.41) is 0. The second kappa shape index (κ2) is 62.8. The van der Waals surface area contributed by atoms with Crippen LogP contribution in [-0.2, 0) is 28.6 Å². The van der Waals surface area contributed by atoms with Crippen LogP contribution in [0.15, 0.2) is 146 Å². The molecule has 428 valence electrons. The van der Waals surface area contributed by atoms with Crippen LogP contribution in [0.2, 0.25) is 0 Å². The van der Waals surface area contributed by atoms with E-state index in [1.807, 2.05) is 0 Å². The van der Waals surface area contributed by atoms with Crippen molar-refractivity contribution in [2.24, 2.45) is 0 Å². The van der Waals surface area contributed by atoms with Crippen LogP contribution in [0.5, 0.6) is 0 Å². The fourth-order valence-corrected chi connectivity index (χ4v) is 7.98. The van der Waals surface area contributed by atoms with Gasteiger partial charge in [0, 0.05) is 19.3 Å². The molecule has 0 aliphatic carbocycles. The van der Waals surface area contributed by atoms with Gasteiger partial charge in [0.15, 0.2) is 6.10 Å². The molecule has 6 nitrogen and oxygen atoms in total. The number of esters is 3. The summed E-state index contributed by atoms with van der Waals surface area (Å²) >= 11 is 0. The maximum atomic E-state index is 12.8. The topological polar surface area (TPSA) is 78.9 Å². The number of carbonyl (C=O) groups is 3. The van der Waals surface area contributed by atoms with Crippen molar-refractivity contribution in [2.45, 2.75) is 264 Å². The normalized spacial score (nSPS) is 13.1. The fourth-order valence-electron chi connectivity index (χ4n) is 7.98. The summed E-state index contributed by atoms with van der Waals surface area (Å²) in [5.74, 6) is -0.989. The molecule has 0 rings (SSSR count). The predicted molar refractivity (Wildman–Crippen MR) is 329 cm³/mol. The van der Waals surface area contributed by atoms with Crippen LogP contribution in [-0.4, -0.2) is 37.2 Å². The van der Waals surface area contributed by atoms with Gasteiger partial charge in [-0.05, 0) is 122 Å². The fraction of sp³-hybridized carbons (Fsp3) is 0.614. The Morgan fingerprint density at radius 2 is 0.526 bits per heavy atom. The summed E-state index contributed by atoms with van der Waals surface area (Å²) in [6.45, 7) is 6.42. The third-order valence-electron chi connectivity index (χ3n) is 12.6. The van der Waals surface area contributed by atoms with Gasteiger partial charge in [-0.1, -0.05) is 263 Å². The SMILES string of the molecule is CC/C=C\C/C=C\C/C=C\C/C=C\C/C=C\C/C=C\C/C=C\C/C=C\C/C=C\CCCC(=O)OCC(COC(=O)CCCCCCCCCC)OC(=O)CCCCCCCC/C=C\C/C=C\C/C=C\CCCCCCC. The van der Waals surface area contributed by atoms with Crippen LogP contribution >= 0.6 is 0 Å². The number of ether oxygens (including phenoxy) is 3. The molecule has 0 aromatic rings. The summed E-state index contributed by atoms with van der Waals surface area (Å²) in [6, 6.07) is 0. The van der Waals surface area contributed by atoms with Gasteiger partial charge < -0.3 is 14.2 Å². The summed E-state index contributed by atoms with van der Waals surface area (Å²) < 4.78 is 16.8. The van der Waals surface area contributed by atoms with Crippen LogP contribution in [0.4, 0.5) is 0 Å². The Bertz CT molecular complexity index is 1680. The van der Waals surface area contributed by atoms with Gasteiger partial charge in [-0.15, -0.1) is 0 Å². The van der Waals surface area contributed by atoms with Gasteiger partial charge in [0.1, 0.15) is 13.2 Å². The monoisotopic (exact) mass is 1050 g/mol. The lowest BCUT2D eigenvalue weighted by Crippen LogP contribution is -2.30. The molecule has 0 saturated heterocycles. The lowest BCUT2D eigenvalue weighted by Gasteiger charge is -2.18. The highest BCUT2D eigenvalue weighted by Crippen LogP contribution is 2.13. The van der Waals surface area contributed by atoms with E-state index in [0.717, 1.165) is 128 Å². The van der Waals surface area contributed by atoms with E-state index >= 15 is 0 Å². The number of unbranched alkanes of at least 4 members (excludes halogenated alkanes) is 19. The summed E-state index contributed by atoms with van der Waals surface area (Å²) in [5.41, 5.74) is 0. The molecule has 1 unspecified atom stereocenters. The Labute approximate surface area is 467 Å². The molecule has 0 saturated carbocycles. The number of hydrogen-bond acceptors (Lipinski definition) is 6. The molecule has 0 radical (unpaired) electrons. The second-order valence-electron chi connectivity index (χ2n) is 19.9. The molecule has 76 heavy (non-hydrogen) atoms. The molecule has 0 aliphatic heterocycles. The van der Waals surface area contributed by atoms with E-state index < -0.39 is 6.10 Å². The van der Waals surface area contributed by atoms with Gasteiger partial charge in [-0.25, -0.2) is 0 Å². The molecule has 1 atom stereocenters. The van der Waals surface area contributed by atoms with Crippen molar-refractivity contribution in [1.29, 1.82) is 0 Å². The van der Waals surface area contributed by atoms with Crippen molar-refractivity contribution in [2.75, 3.05) is 13.2 Å². The van der Waals surface area contributed by atoms with Crippen molar-refractivity contribution in [1.82, 2.24) is 0 Å². The van der Waals surface area contributed by atoms with Gasteiger partial charge in [-0.3, -0.25) is 14.4 Å². The molecule has 0 bridgehead atoms. The molecule has 6 heteroatoms. The zero-order valence-electron chi connectivity index (χ0n) is 49.0. The van der Waals surface area contributed by atoms with E-state index in [9.17, 15) is 14.4 Å². The molecular weight excluding hydrogens is 937 g/mol. The van der Waals surface area contributed by atoms with Crippen LogP contribution in [0, 0.1) is 0 Å². The van der Waals surface area contributed by atoms with Crippen molar-refractivity contribution < 1.29 is 28.6 Å². The van der Waals surface area contributed by atoms with Crippen LogP contribution in [0.25, 0.3) is 0 Å². The maximum absolute atomic E-state index is 12.8. The minimum atomic E-state index is -0.813. The van der Waals surface area contributed by atoms with Crippen molar-refractivity contribution in [3.05, 3.63) is 146 Å².